The van der Waals surface area contributed by atoms with Crippen molar-refractivity contribution in [3.05, 3.63) is 58.6 Å². The van der Waals surface area contributed by atoms with Crippen LogP contribution in [-0.2, 0) is 6.54 Å². The monoisotopic (exact) mass is 334 g/mol. The van der Waals surface area contributed by atoms with Crippen molar-refractivity contribution in [2.45, 2.75) is 20.4 Å². The average molecular weight is 335 g/mol. The van der Waals surface area contributed by atoms with Crippen LogP contribution in [-0.4, -0.2) is 11.7 Å². The lowest BCUT2D eigenvalue weighted by atomic mass is 10.2. The van der Waals surface area contributed by atoms with Crippen LogP contribution in [0, 0.1) is 6.92 Å². The fourth-order valence-electron chi connectivity index (χ4n) is 1.97. The van der Waals surface area contributed by atoms with Gasteiger partial charge in [-0.2, -0.15) is 0 Å². The average Bonchev–Trinajstić information content (AvgIpc) is 2.50. The summed E-state index contributed by atoms with van der Waals surface area (Å²) in [5, 5.41) is 7.57. The molecule has 2 aromatic rings. The minimum absolute atomic E-state index is 0.547. The largest absolute Gasteiger partial charge is 0.494 e. The van der Waals surface area contributed by atoms with Crippen LogP contribution >= 0.6 is 23.8 Å². The normalized spacial score (nSPS) is 10.1. The van der Waals surface area contributed by atoms with Crippen molar-refractivity contribution in [3.8, 4) is 5.75 Å². The molecule has 2 aromatic carbocycles. The lowest BCUT2D eigenvalue weighted by Gasteiger charge is -2.14. The van der Waals surface area contributed by atoms with Gasteiger partial charge in [-0.1, -0.05) is 35.9 Å². The Kier molecular flexibility index (Phi) is 6.04. The molecule has 0 atom stereocenters. The Labute approximate surface area is 141 Å². The molecular weight excluding hydrogens is 316 g/mol. The van der Waals surface area contributed by atoms with E-state index in [9.17, 15) is 0 Å². The number of hydrogen-bond acceptors (Lipinski definition) is 2. The maximum atomic E-state index is 6.11. The van der Waals surface area contributed by atoms with Gasteiger partial charge in [0.2, 0.25) is 0 Å². The first-order chi connectivity index (χ1) is 10.6. The number of nitrogens with one attached hydrogen (secondary N) is 2. The predicted molar refractivity (Wildman–Crippen MR) is 96.9 cm³/mol. The van der Waals surface area contributed by atoms with Gasteiger partial charge in [0.1, 0.15) is 5.75 Å². The molecule has 0 bridgehead atoms. The highest BCUT2D eigenvalue weighted by atomic mass is 35.5. The smallest absolute Gasteiger partial charge is 0.171 e. The second kappa shape index (κ2) is 8.01. The summed E-state index contributed by atoms with van der Waals surface area (Å²) in [6.07, 6.45) is 0. The number of anilines is 1. The van der Waals surface area contributed by atoms with Crippen molar-refractivity contribution in [2.75, 3.05) is 11.9 Å². The molecular formula is C17H19ClN2OS. The van der Waals surface area contributed by atoms with Gasteiger partial charge in [0.25, 0.3) is 0 Å². The van der Waals surface area contributed by atoms with Gasteiger partial charge < -0.3 is 15.4 Å². The third-order valence-electron chi connectivity index (χ3n) is 3.14. The summed E-state index contributed by atoms with van der Waals surface area (Å²) in [4.78, 5) is 0. The standard InChI is InChI=1S/C17H19ClN2OS/c1-3-21-16-7-5-4-6-13(16)11-19-17(22)20-14-9-8-12(2)15(18)10-14/h4-10H,3,11H2,1-2H3,(H2,19,20,22). The first-order valence-electron chi connectivity index (χ1n) is 7.12. The van der Waals surface area contributed by atoms with Crippen LogP contribution in [0.3, 0.4) is 0 Å². The molecule has 0 heterocycles. The fourth-order valence-corrected chi connectivity index (χ4v) is 2.34. The Morgan fingerprint density at radius 1 is 1.23 bits per heavy atom. The second-order valence-electron chi connectivity index (χ2n) is 4.81. The van der Waals surface area contributed by atoms with E-state index >= 15 is 0 Å². The van der Waals surface area contributed by atoms with Crippen molar-refractivity contribution in [3.63, 3.8) is 0 Å². The zero-order valence-corrected chi connectivity index (χ0v) is 14.2. The fraction of sp³-hybridized carbons (Fsp3) is 0.235. The topological polar surface area (TPSA) is 33.3 Å². The molecule has 0 radical (unpaired) electrons. The zero-order chi connectivity index (χ0) is 15.9. The van der Waals surface area contributed by atoms with Crippen molar-refractivity contribution in [2.24, 2.45) is 0 Å². The summed E-state index contributed by atoms with van der Waals surface area (Å²) in [6, 6.07) is 13.7. The van der Waals surface area contributed by atoms with Crippen LogP contribution in [0.2, 0.25) is 5.02 Å². The van der Waals surface area contributed by atoms with Gasteiger partial charge in [-0.05, 0) is 49.8 Å². The predicted octanol–water partition coefficient (Wildman–Crippen LogP) is 4.53. The van der Waals surface area contributed by atoms with Crippen molar-refractivity contribution in [1.82, 2.24) is 5.32 Å². The Hall–Kier alpha value is -1.78. The van der Waals surface area contributed by atoms with Crippen LogP contribution in [0.15, 0.2) is 42.5 Å². The van der Waals surface area contributed by atoms with E-state index in [4.69, 9.17) is 28.6 Å². The summed E-state index contributed by atoms with van der Waals surface area (Å²) in [5.74, 6) is 0.874. The van der Waals surface area contributed by atoms with E-state index in [2.05, 4.69) is 10.6 Å². The van der Waals surface area contributed by atoms with Gasteiger partial charge in [-0.25, -0.2) is 0 Å². The van der Waals surface area contributed by atoms with Gasteiger partial charge in [0.05, 0.1) is 6.61 Å². The van der Waals surface area contributed by atoms with Gasteiger partial charge in [0.15, 0.2) is 5.11 Å². The number of benzene rings is 2. The van der Waals surface area contributed by atoms with Gasteiger partial charge in [0, 0.05) is 22.8 Å². The first-order valence-corrected chi connectivity index (χ1v) is 7.90. The van der Waals surface area contributed by atoms with E-state index in [1.165, 1.54) is 0 Å². The molecule has 2 N–H and O–H groups in total. The third-order valence-corrected chi connectivity index (χ3v) is 3.80. The Balaban J connectivity index is 1.94. The Morgan fingerprint density at radius 3 is 2.73 bits per heavy atom. The van der Waals surface area contributed by atoms with Crippen LogP contribution in [0.1, 0.15) is 18.1 Å². The third kappa shape index (κ3) is 4.61. The molecule has 0 amide bonds. The molecule has 5 heteroatoms. The van der Waals surface area contributed by atoms with E-state index in [1.54, 1.807) is 0 Å². The minimum Gasteiger partial charge on any atom is -0.494 e. The molecule has 2 rings (SSSR count). The number of rotatable bonds is 5. The Morgan fingerprint density at radius 2 is 2.00 bits per heavy atom. The number of thiocarbonyl (C=S) groups is 1. The lowest BCUT2D eigenvalue weighted by Crippen LogP contribution is -2.28. The van der Waals surface area contributed by atoms with E-state index in [-0.39, 0.29) is 0 Å². The molecule has 22 heavy (non-hydrogen) atoms. The molecule has 0 fully saturated rings. The molecule has 0 aliphatic rings. The zero-order valence-electron chi connectivity index (χ0n) is 12.7. The quantitative estimate of drug-likeness (QED) is 0.787. The molecule has 0 aliphatic heterocycles. The molecule has 0 spiro atoms. The number of para-hydroxylation sites is 1. The lowest BCUT2D eigenvalue weighted by molar-refractivity contribution is 0.336. The summed E-state index contributed by atoms with van der Waals surface area (Å²) in [6.45, 7) is 5.17. The van der Waals surface area contributed by atoms with Gasteiger partial charge >= 0.3 is 0 Å². The highest BCUT2D eigenvalue weighted by Gasteiger charge is 2.04. The number of ether oxygens (including phenoxy) is 1. The summed E-state index contributed by atoms with van der Waals surface area (Å²) in [7, 11) is 0. The highest BCUT2D eigenvalue weighted by molar-refractivity contribution is 7.80. The van der Waals surface area contributed by atoms with Crippen LogP contribution in [0.5, 0.6) is 5.75 Å². The van der Waals surface area contributed by atoms with Crippen LogP contribution in [0.25, 0.3) is 0 Å². The molecule has 0 saturated heterocycles. The summed E-state index contributed by atoms with van der Waals surface area (Å²) in [5.41, 5.74) is 2.97. The second-order valence-corrected chi connectivity index (χ2v) is 5.63. The van der Waals surface area contributed by atoms with Crippen molar-refractivity contribution >= 4 is 34.6 Å². The molecule has 0 aromatic heterocycles. The van der Waals surface area contributed by atoms with Crippen LogP contribution < -0.4 is 15.4 Å². The van der Waals surface area contributed by atoms with Crippen LogP contribution in [0.4, 0.5) is 5.69 Å². The Bertz CT molecular complexity index is 661. The molecule has 0 saturated carbocycles. The van der Waals surface area contributed by atoms with E-state index in [0.717, 1.165) is 27.6 Å². The maximum Gasteiger partial charge on any atom is 0.171 e. The first kappa shape index (κ1) is 16.6. The van der Waals surface area contributed by atoms with E-state index in [0.29, 0.717) is 18.3 Å². The van der Waals surface area contributed by atoms with Crippen molar-refractivity contribution < 1.29 is 4.74 Å². The summed E-state index contributed by atoms with van der Waals surface area (Å²) < 4.78 is 5.60. The number of hydrogen-bond donors (Lipinski definition) is 2. The van der Waals surface area contributed by atoms with E-state index in [1.807, 2.05) is 56.3 Å². The molecule has 0 aliphatic carbocycles. The van der Waals surface area contributed by atoms with E-state index < -0.39 is 0 Å². The molecule has 116 valence electrons. The SMILES string of the molecule is CCOc1ccccc1CNC(=S)Nc1ccc(C)c(Cl)c1. The highest BCUT2D eigenvalue weighted by Crippen LogP contribution is 2.20. The summed E-state index contributed by atoms with van der Waals surface area (Å²) >= 11 is 11.4. The number of halogens is 1. The number of aryl methyl sites for hydroxylation is 1. The maximum absolute atomic E-state index is 6.11. The van der Waals surface area contributed by atoms with Crippen molar-refractivity contribution in [1.29, 1.82) is 0 Å². The molecule has 3 nitrogen and oxygen atoms in total. The van der Waals surface area contributed by atoms with Gasteiger partial charge in [-0.3, -0.25) is 0 Å². The van der Waals surface area contributed by atoms with Gasteiger partial charge in [-0.15, -0.1) is 0 Å². The minimum atomic E-state index is 0.547. The molecule has 0 unspecified atom stereocenters.